The number of para-hydroxylation sites is 1. The first-order valence-corrected chi connectivity index (χ1v) is 9.81. The number of nitrogens with zero attached hydrogens (tertiary/aromatic N) is 4. The monoisotopic (exact) mass is 400 g/mol. The Bertz CT molecular complexity index is 1170. The van der Waals surface area contributed by atoms with Crippen LogP contribution in [0.2, 0.25) is 0 Å². The maximum atomic E-state index is 12.9. The molecule has 1 unspecified atom stereocenters. The van der Waals surface area contributed by atoms with Gasteiger partial charge in [0.05, 0.1) is 11.7 Å². The molecule has 0 fully saturated rings. The molecule has 4 rings (SSSR count). The Morgan fingerprint density at radius 2 is 1.93 bits per heavy atom. The fourth-order valence-corrected chi connectivity index (χ4v) is 3.46. The van der Waals surface area contributed by atoms with Crippen LogP contribution >= 0.6 is 0 Å². The lowest BCUT2D eigenvalue weighted by Crippen LogP contribution is -2.31. The first-order chi connectivity index (χ1) is 14.5. The van der Waals surface area contributed by atoms with Gasteiger partial charge in [-0.2, -0.15) is 0 Å². The Morgan fingerprint density at radius 3 is 2.70 bits per heavy atom. The number of rotatable bonds is 6. The van der Waals surface area contributed by atoms with Gasteiger partial charge in [-0.3, -0.25) is 9.78 Å². The molecule has 0 spiro atoms. The molecule has 2 N–H and O–H groups in total. The van der Waals surface area contributed by atoms with Gasteiger partial charge in [-0.05, 0) is 30.7 Å². The molecule has 0 bridgehead atoms. The molecule has 0 aliphatic heterocycles. The molecule has 1 aromatic carbocycles. The predicted octanol–water partition coefficient (Wildman–Crippen LogP) is 3.44. The zero-order valence-electron chi connectivity index (χ0n) is 17.3. The summed E-state index contributed by atoms with van der Waals surface area (Å²) in [7, 11) is 3.87. The van der Waals surface area contributed by atoms with Gasteiger partial charge >= 0.3 is 0 Å². The van der Waals surface area contributed by atoms with Gasteiger partial charge in [0.2, 0.25) is 0 Å². The van der Waals surface area contributed by atoms with Crippen LogP contribution in [-0.4, -0.2) is 39.9 Å². The van der Waals surface area contributed by atoms with Crippen LogP contribution in [0.1, 0.15) is 33.6 Å². The Morgan fingerprint density at radius 1 is 1.13 bits per heavy atom. The number of anilines is 1. The van der Waals surface area contributed by atoms with Gasteiger partial charge in [-0.15, -0.1) is 0 Å². The number of nitrogens with one attached hydrogen (secondary N) is 2. The van der Waals surface area contributed by atoms with E-state index in [0.29, 0.717) is 17.9 Å². The maximum Gasteiger partial charge on any atom is 0.270 e. The molecule has 1 amide bonds. The summed E-state index contributed by atoms with van der Waals surface area (Å²) in [5, 5.41) is 4.25. The van der Waals surface area contributed by atoms with Crippen molar-refractivity contribution in [2.45, 2.75) is 19.4 Å². The second-order valence-corrected chi connectivity index (χ2v) is 7.40. The topological polar surface area (TPSA) is 86.8 Å². The van der Waals surface area contributed by atoms with E-state index in [2.05, 4.69) is 31.3 Å². The van der Waals surface area contributed by atoms with Crippen molar-refractivity contribution in [1.82, 2.24) is 25.3 Å². The molecular weight excluding hydrogens is 376 g/mol. The van der Waals surface area contributed by atoms with E-state index in [1.54, 1.807) is 24.4 Å². The molecule has 0 radical (unpaired) electrons. The second kappa shape index (κ2) is 8.32. The van der Waals surface area contributed by atoms with Crippen molar-refractivity contribution in [3.63, 3.8) is 0 Å². The lowest BCUT2D eigenvalue weighted by Gasteiger charge is -2.20. The van der Waals surface area contributed by atoms with Crippen molar-refractivity contribution >= 4 is 22.6 Å². The molecule has 3 heterocycles. The molecular formula is C23H24N6O. The SMILES string of the molecule is Cc1nc(C(Cc2c[nH]c3ccccc23)NC(=O)c2ccccn2)cc(N(C)C)n1. The first kappa shape index (κ1) is 19.6. The number of fused-ring (bicyclic) bond motifs is 1. The standard InChI is InChI=1S/C23H24N6O/c1-15-26-21(13-22(27-15)29(2)3)20(28-23(30)19-10-6-7-11-24-19)12-16-14-25-18-9-5-4-8-17(16)18/h4-11,13-14,20,25H,12H2,1-3H3,(H,28,30). The third kappa shape index (κ3) is 4.15. The summed E-state index contributed by atoms with van der Waals surface area (Å²) in [4.78, 5) is 31.4. The lowest BCUT2D eigenvalue weighted by atomic mass is 10.0. The van der Waals surface area contributed by atoms with Gasteiger partial charge in [0.25, 0.3) is 5.91 Å². The minimum Gasteiger partial charge on any atom is -0.363 e. The summed E-state index contributed by atoms with van der Waals surface area (Å²) in [6.07, 6.45) is 4.19. The zero-order valence-corrected chi connectivity index (χ0v) is 17.3. The quantitative estimate of drug-likeness (QED) is 0.518. The molecule has 0 aliphatic carbocycles. The Labute approximate surface area is 175 Å². The van der Waals surface area contributed by atoms with E-state index in [-0.39, 0.29) is 11.9 Å². The van der Waals surface area contributed by atoms with E-state index in [0.717, 1.165) is 28.0 Å². The number of hydrogen-bond acceptors (Lipinski definition) is 5. The van der Waals surface area contributed by atoms with Gasteiger partial charge in [0.1, 0.15) is 17.3 Å². The van der Waals surface area contributed by atoms with Crippen molar-refractivity contribution in [2.24, 2.45) is 0 Å². The third-order valence-corrected chi connectivity index (χ3v) is 4.96. The van der Waals surface area contributed by atoms with Crippen molar-refractivity contribution in [3.8, 4) is 0 Å². The normalized spacial score (nSPS) is 12.0. The molecule has 30 heavy (non-hydrogen) atoms. The highest BCUT2D eigenvalue weighted by molar-refractivity contribution is 5.92. The van der Waals surface area contributed by atoms with E-state index >= 15 is 0 Å². The maximum absolute atomic E-state index is 12.9. The van der Waals surface area contributed by atoms with Crippen molar-refractivity contribution in [2.75, 3.05) is 19.0 Å². The number of aromatic amines is 1. The molecule has 0 saturated carbocycles. The van der Waals surface area contributed by atoms with Crippen LogP contribution in [0.25, 0.3) is 10.9 Å². The average molecular weight is 400 g/mol. The van der Waals surface area contributed by atoms with Crippen LogP contribution in [0, 0.1) is 6.92 Å². The Kier molecular flexibility index (Phi) is 5.43. The number of pyridine rings is 1. The fraction of sp³-hybridized carbons (Fsp3) is 0.217. The minimum absolute atomic E-state index is 0.233. The molecule has 0 aliphatic rings. The largest absolute Gasteiger partial charge is 0.363 e. The van der Waals surface area contributed by atoms with Crippen LogP contribution in [0.4, 0.5) is 5.82 Å². The van der Waals surface area contributed by atoms with Crippen molar-refractivity contribution in [3.05, 3.63) is 83.7 Å². The summed E-state index contributed by atoms with van der Waals surface area (Å²) in [6.45, 7) is 1.86. The van der Waals surface area contributed by atoms with Crippen LogP contribution in [0.3, 0.4) is 0 Å². The second-order valence-electron chi connectivity index (χ2n) is 7.40. The molecule has 1 atom stereocenters. The number of hydrogen-bond donors (Lipinski definition) is 2. The molecule has 3 aromatic heterocycles. The van der Waals surface area contributed by atoms with Crippen LogP contribution in [0.5, 0.6) is 0 Å². The Hall–Kier alpha value is -3.74. The molecule has 7 nitrogen and oxygen atoms in total. The number of benzene rings is 1. The summed E-state index contributed by atoms with van der Waals surface area (Å²) in [6, 6.07) is 15.0. The number of aromatic nitrogens is 4. The number of carbonyl (C=O) groups is 1. The summed E-state index contributed by atoms with van der Waals surface area (Å²) in [5.74, 6) is 1.23. The highest BCUT2D eigenvalue weighted by Crippen LogP contribution is 2.25. The van der Waals surface area contributed by atoms with Gasteiger partial charge < -0.3 is 15.2 Å². The minimum atomic E-state index is -0.334. The number of amides is 1. The zero-order chi connectivity index (χ0) is 21.1. The fourth-order valence-electron chi connectivity index (χ4n) is 3.46. The molecule has 7 heteroatoms. The highest BCUT2D eigenvalue weighted by Gasteiger charge is 2.21. The lowest BCUT2D eigenvalue weighted by molar-refractivity contribution is 0.0930. The summed E-state index contributed by atoms with van der Waals surface area (Å²) in [5.41, 5.74) is 3.32. The van der Waals surface area contributed by atoms with E-state index < -0.39 is 0 Å². The number of aryl methyl sites for hydroxylation is 1. The predicted molar refractivity (Wildman–Crippen MR) is 118 cm³/mol. The van der Waals surface area contributed by atoms with Crippen LogP contribution < -0.4 is 10.2 Å². The van der Waals surface area contributed by atoms with Crippen LogP contribution in [0.15, 0.2) is 60.9 Å². The van der Waals surface area contributed by atoms with Crippen LogP contribution in [-0.2, 0) is 6.42 Å². The third-order valence-electron chi connectivity index (χ3n) is 4.96. The van der Waals surface area contributed by atoms with Gasteiger partial charge in [0.15, 0.2) is 0 Å². The first-order valence-electron chi connectivity index (χ1n) is 9.81. The van der Waals surface area contributed by atoms with Gasteiger partial charge in [-0.25, -0.2) is 9.97 Å². The van der Waals surface area contributed by atoms with Crippen molar-refractivity contribution in [1.29, 1.82) is 0 Å². The van der Waals surface area contributed by atoms with Gasteiger partial charge in [-0.1, -0.05) is 24.3 Å². The summed E-state index contributed by atoms with van der Waals surface area (Å²) >= 11 is 0. The molecule has 152 valence electrons. The highest BCUT2D eigenvalue weighted by atomic mass is 16.1. The van der Waals surface area contributed by atoms with E-state index in [1.165, 1.54) is 0 Å². The molecule has 4 aromatic rings. The average Bonchev–Trinajstić information content (AvgIpc) is 3.16. The smallest absolute Gasteiger partial charge is 0.270 e. The molecule has 0 saturated heterocycles. The summed E-state index contributed by atoms with van der Waals surface area (Å²) < 4.78 is 0. The van der Waals surface area contributed by atoms with E-state index in [1.807, 2.05) is 56.4 Å². The van der Waals surface area contributed by atoms with Crippen molar-refractivity contribution < 1.29 is 4.79 Å². The number of H-pyrrole nitrogens is 1. The van der Waals surface area contributed by atoms with Gasteiger partial charge in [0, 0.05) is 49.9 Å². The Balaban J connectivity index is 1.72. The van der Waals surface area contributed by atoms with E-state index in [4.69, 9.17) is 0 Å². The van der Waals surface area contributed by atoms with E-state index in [9.17, 15) is 4.79 Å². The number of carbonyl (C=O) groups excluding carboxylic acids is 1.